The minimum absolute atomic E-state index is 0.125. The number of rotatable bonds is 4. The summed E-state index contributed by atoms with van der Waals surface area (Å²) in [5.74, 6) is -0.562. The van der Waals surface area contributed by atoms with Gasteiger partial charge in [-0.1, -0.05) is 11.6 Å². The summed E-state index contributed by atoms with van der Waals surface area (Å²) in [7, 11) is 0. The van der Waals surface area contributed by atoms with Crippen molar-refractivity contribution in [2.24, 2.45) is 11.8 Å². The molecule has 148 valence electrons. The molecule has 2 heterocycles. The normalized spacial score (nSPS) is 22.1. The highest BCUT2D eigenvalue weighted by atomic mass is 35.5. The quantitative estimate of drug-likeness (QED) is 0.838. The molecule has 1 aromatic rings. The lowest BCUT2D eigenvalue weighted by Crippen LogP contribution is -2.44. The Kier molecular flexibility index (Phi) is 5.66. The number of allylic oxidation sites excluding steroid dienone is 2. The fourth-order valence-corrected chi connectivity index (χ4v) is 4.19. The molecule has 1 saturated heterocycles. The van der Waals surface area contributed by atoms with Gasteiger partial charge in [0.2, 0.25) is 0 Å². The van der Waals surface area contributed by atoms with E-state index in [1.54, 1.807) is 11.0 Å². The van der Waals surface area contributed by atoms with Gasteiger partial charge >= 0.3 is 0 Å². The fraction of sp³-hybridized carbons (Fsp3) is 0.476. The number of carbonyl (C=O) groups is 1. The average molecular weight is 402 g/mol. The second-order valence-corrected chi connectivity index (χ2v) is 8.02. The number of ether oxygens (including phenoxy) is 1. The van der Waals surface area contributed by atoms with E-state index in [-0.39, 0.29) is 35.1 Å². The van der Waals surface area contributed by atoms with Crippen molar-refractivity contribution >= 4 is 17.5 Å². The molecule has 0 spiro atoms. The van der Waals surface area contributed by atoms with Gasteiger partial charge in [0.1, 0.15) is 5.76 Å². The van der Waals surface area contributed by atoms with Crippen LogP contribution >= 0.6 is 11.6 Å². The Hall–Kier alpha value is -2.52. The summed E-state index contributed by atoms with van der Waals surface area (Å²) in [5.41, 5.74) is 2.43. The van der Waals surface area contributed by atoms with Crippen LogP contribution in [-0.2, 0) is 16.1 Å². The zero-order valence-electron chi connectivity index (χ0n) is 16.5. The highest BCUT2D eigenvalue weighted by Crippen LogP contribution is 2.42. The summed E-state index contributed by atoms with van der Waals surface area (Å²) in [6, 6.07) is 4.15. The molecule has 3 rings (SSSR count). The number of hydrogen-bond donors (Lipinski definition) is 1. The third-order valence-corrected chi connectivity index (χ3v) is 5.56. The Morgan fingerprint density at radius 1 is 1.39 bits per heavy atom. The first-order chi connectivity index (χ1) is 13.2. The van der Waals surface area contributed by atoms with Gasteiger partial charge in [0, 0.05) is 29.3 Å². The van der Waals surface area contributed by atoms with Gasteiger partial charge in [-0.15, -0.1) is 0 Å². The third kappa shape index (κ3) is 3.72. The van der Waals surface area contributed by atoms with Crippen molar-refractivity contribution in [1.29, 1.82) is 5.26 Å². The molecule has 0 bridgehead atoms. The van der Waals surface area contributed by atoms with Gasteiger partial charge < -0.3 is 14.6 Å². The smallest absolute Gasteiger partial charge is 0.253 e. The van der Waals surface area contributed by atoms with Crippen molar-refractivity contribution in [3.05, 3.63) is 55.7 Å². The number of carbonyl (C=O) groups excluding carboxylic acids is 1. The summed E-state index contributed by atoms with van der Waals surface area (Å²) in [5, 5.41) is 9.84. The van der Waals surface area contributed by atoms with Gasteiger partial charge in [0.15, 0.2) is 0 Å². The average Bonchev–Trinajstić information content (AvgIpc) is 2.61. The molecule has 0 saturated carbocycles. The molecule has 1 aliphatic carbocycles. The maximum absolute atomic E-state index is 13.2. The first-order valence-electron chi connectivity index (χ1n) is 9.39. The van der Waals surface area contributed by atoms with E-state index in [0.29, 0.717) is 29.9 Å². The van der Waals surface area contributed by atoms with Crippen LogP contribution in [-0.4, -0.2) is 28.4 Å². The maximum atomic E-state index is 13.2. The summed E-state index contributed by atoms with van der Waals surface area (Å²) >= 11 is 6.53. The van der Waals surface area contributed by atoms with Crippen molar-refractivity contribution in [1.82, 2.24) is 9.88 Å². The van der Waals surface area contributed by atoms with E-state index in [1.165, 1.54) is 0 Å². The number of halogens is 1. The molecule has 1 amide bonds. The number of amides is 1. The number of piperidine rings is 1. The molecule has 1 N–H and O–H groups in total. The highest BCUT2D eigenvalue weighted by molar-refractivity contribution is 6.34. The van der Waals surface area contributed by atoms with E-state index < -0.39 is 5.92 Å². The number of aryl methyl sites for hydroxylation is 2. The molecule has 7 heteroatoms. The molecule has 1 aliphatic heterocycles. The van der Waals surface area contributed by atoms with Crippen LogP contribution in [0, 0.1) is 37.0 Å². The highest BCUT2D eigenvalue weighted by Gasteiger charge is 2.41. The largest absolute Gasteiger partial charge is 0.490 e. The number of aromatic nitrogens is 1. The molecule has 2 aliphatic rings. The molecule has 0 aromatic carbocycles. The third-order valence-electron chi connectivity index (χ3n) is 5.17. The van der Waals surface area contributed by atoms with Gasteiger partial charge in [-0.05, 0) is 51.8 Å². The van der Waals surface area contributed by atoms with Crippen LogP contribution in [0.4, 0.5) is 0 Å². The van der Waals surface area contributed by atoms with Gasteiger partial charge in [-0.25, -0.2) is 0 Å². The van der Waals surface area contributed by atoms with E-state index in [2.05, 4.69) is 11.1 Å². The van der Waals surface area contributed by atoms with Crippen LogP contribution in [0.2, 0.25) is 0 Å². The Bertz CT molecular complexity index is 968. The minimum atomic E-state index is -0.457. The number of pyridine rings is 1. The summed E-state index contributed by atoms with van der Waals surface area (Å²) in [4.78, 5) is 30.0. The Balaban J connectivity index is 1.95. The number of hydrogen-bond acceptors (Lipinski definition) is 4. The van der Waals surface area contributed by atoms with Gasteiger partial charge in [-0.2, -0.15) is 5.26 Å². The molecule has 28 heavy (non-hydrogen) atoms. The van der Waals surface area contributed by atoms with Crippen molar-refractivity contribution in [2.75, 3.05) is 6.54 Å². The summed E-state index contributed by atoms with van der Waals surface area (Å²) < 4.78 is 5.73. The molecule has 2 atom stereocenters. The predicted molar refractivity (Wildman–Crippen MR) is 106 cm³/mol. The number of likely N-dealkylation sites (tertiary alicyclic amines) is 1. The second-order valence-electron chi connectivity index (χ2n) is 7.64. The Labute approximate surface area is 169 Å². The minimum Gasteiger partial charge on any atom is -0.490 e. The molecule has 2 unspecified atom stereocenters. The molecule has 1 aromatic heterocycles. The van der Waals surface area contributed by atoms with E-state index >= 15 is 0 Å². The lowest BCUT2D eigenvalue weighted by atomic mass is 9.77. The van der Waals surface area contributed by atoms with Crippen LogP contribution in [0.5, 0.6) is 0 Å². The number of aromatic amines is 1. The molecular formula is C21H24ClN3O3. The Morgan fingerprint density at radius 2 is 2.11 bits per heavy atom. The van der Waals surface area contributed by atoms with E-state index in [9.17, 15) is 14.9 Å². The number of H-pyrrole nitrogens is 1. The summed E-state index contributed by atoms with van der Waals surface area (Å²) in [6.07, 6.45) is 2.21. The van der Waals surface area contributed by atoms with E-state index in [1.807, 2.05) is 33.8 Å². The molecule has 1 fully saturated rings. The monoisotopic (exact) mass is 401 g/mol. The lowest BCUT2D eigenvalue weighted by Gasteiger charge is -2.38. The zero-order chi connectivity index (χ0) is 20.6. The summed E-state index contributed by atoms with van der Waals surface area (Å²) in [6.45, 7) is 8.10. The van der Waals surface area contributed by atoms with E-state index in [4.69, 9.17) is 16.3 Å². The first-order valence-corrected chi connectivity index (χ1v) is 9.77. The lowest BCUT2D eigenvalue weighted by molar-refractivity contribution is -0.130. The van der Waals surface area contributed by atoms with Crippen molar-refractivity contribution < 1.29 is 9.53 Å². The van der Waals surface area contributed by atoms with Crippen molar-refractivity contribution in [3.63, 3.8) is 0 Å². The standard InChI is InChI=1S/C21H24ClN3O3/c1-11(2)28-17-8-14(9-23)15-5-6-25(21(27)18(15)19(17)22)10-16-12(3)7-13(4)24-20(16)26/h7-8,11,14-15H,5-6,10H2,1-4H3,(H,24,26). The molecule has 6 nitrogen and oxygen atoms in total. The van der Waals surface area contributed by atoms with Crippen LogP contribution in [0.15, 0.2) is 33.3 Å². The maximum Gasteiger partial charge on any atom is 0.253 e. The van der Waals surface area contributed by atoms with E-state index in [0.717, 1.165) is 11.3 Å². The topological polar surface area (TPSA) is 86.2 Å². The van der Waals surface area contributed by atoms with Gasteiger partial charge in [0.25, 0.3) is 11.5 Å². The van der Waals surface area contributed by atoms with Crippen molar-refractivity contribution in [2.45, 2.75) is 46.8 Å². The van der Waals surface area contributed by atoms with Crippen LogP contribution in [0.3, 0.4) is 0 Å². The molecule has 0 radical (unpaired) electrons. The van der Waals surface area contributed by atoms with Gasteiger partial charge in [0.05, 0.1) is 29.7 Å². The van der Waals surface area contributed by atoms with Gasteiger partial charge in [-0.3, -0.25) is 9.59 Å². The number of fused-ring (bicyclic) bond motifs is 1. The predicted octanol–water partition coefficient (Wildman–Crippen LogP) is 3.30. The number of nitriles is 1. The van der Waals surface area contributed by atoms with Crippen molar-refractivity contribution in [3.8, 4) is 6.07 Å². The Morgan fingerprint density at radius 3 is 2.71 bits per heavy atom. The number of nitrogens with zero attached hydrogens (tertiary/aromatic N) is 2. The second kappa shape index (κ2) is 7.84. The first kappa shape index (κ1) is 20.2. The van der Waals surface area contributed by atoms with Crippen LogP contribution in [0.25, 0.3) is 0 Å². The number of nitrogens with one attached hydrogen (secondary N) is 1. The van der Waals surface area contributed by atoms with Crippen LogP contribution < -0.4 is 5.56 Å². The zero-order valence-corrected chi connectivity index (χ0v) is 17.3. The molecular weight excluding hydrogens is 378 g/mol. The van der Waals surface area contributed by atoms with Crippen LogP contribution in [0.1, 0.15) is 37.1 Å². The fourth-order valence-electron chi connectivity index (χ4n) is 3.86. The SMILES string of the molecule is Cc1cc(C)c(CN2CCC3C(=C(Cl)C(OC(C)C)=CC3C#N)C2=O)c(=O)[nH]1.